The van der Waals surface area contributed by atoms with Crippen molar-refractivity contribution in [1.29, 1.82) is 0 Å². The lowest BCUT2D eigenvalue weighted by Gasteiger charge is -2.31. The Kier molecular flexibility index (Phi) is 9.32. The van der Waals surface area contributed by atoms with Crippen molar-refractivity contribution in [2.75, 3.05) is 4.90 Å². The fraction of sp³-hybridized carbons (Fsp3) is 0.103. The molecule has 0 saturated heterocycles. The zero-order valence-electron chi connectivity index (χ0n) is 33.6. The van der Waals surface area contributed by atoms with Crippen LogP contribution < -0.4 is 4.90 Å². The Hall–Kier alpha value is -7.16. The molecule has 1 heterocycles. The zero-order chi connectivity index (χ0) is 39.8. The smallest absolute Gasteiger partial charge is 0.136 e. The molecule has 1 aliphatic carbocycles. The quantitative estimate of drug-likeness (QED) is 0.153. The van der Waals surface area contributed by atoms with Crippen LogP contribution in [-0.4, -0.2) is 0 Å². The monoisotopic (exact) mass is 771 g/mol. The van der Waals surface area contributed by atoms with Crippen LogP contribution in [0.5, 0.6) is 0 Å². The lowest BCUT2D eigenvalue weighted by atomic mass is 9.80. The zero-order valence-corrected chi connectivity index (χ0v) is 33.6. The summed E-state index contributed by atoms with van der Waals surface area (Å²) in [5, 5.41) is 4.96. The summed E-state index contributed by atoms with van der Waals surface area (Å²) in [5.74, 6) is 0.574. The first-order valence-corrected chi connectivity index (χ1v) is 21.5. The highest BCUT2D eigenvalue weighted by atomic mass is 16.3. The molecule has 0 amide bonds. The minimum Gasteiger partial charge on any atom is -0.456 e. The Morgan fingerprint density at radius 3 is 1.80 bits per heavy atom. The molecule has 0 N–H and O–H groups in total. The van der Waals surface area contributed by atoms with Crippen molar-refractivity contribution in [1.82, 2.24) is 0 Å². The summed E-state index contributed by atoms with van der Waals surface area (Å²) in [4.78, 5) is 2.49. The van der Waals surface area contributed by atoms with E-state index < -0.39 is 0 Å². The molecule has 1 aliphatic rings. The molecule has 2 heteroatoms. The number of rotatable bonds is 8. The van der Waals surface area contributed by atoms with Crippen LogP contribution in [0.2, 0.25) is 0 Å². The van der Waals surface area contributed by atoms with Crippen LogP contribution in [0, 0.1) is 0 Å². The van der Waals surface area contributed by atoms with Gasteiger partial charge in [0.05, 0.1) is 11.4 Å². The predicted molar refractivity (Wildman–Crippen MR) is 253 cm³/mol. The van der Waals surface area contributed by atoms with E-state index in [1.54, 1.807) is 0 Å². The van der Waals surface area contributed by atoms with Crippen LogP contribution in [0.1, 0.15) is 43.6 Å². The molecule has 1 aromatic heterocycles. The van der Waals surface area contributed by atoms with Gasteiger partial charge in [0, 0.05) is 27.6 Å². The van der Waals surface area contributed by atoms with E-state index in [2.05, 4.69) is 205 Å². The molecular weight excluding hydrogens is 727 g/mol. The highest BCUT2D eigenvalue weighted by Gasteiger charge is 2.24. The molecule has 9 aromatic carbocycles. The van der Waals surface area contributed by atoms with E-state index in [-0.39, 0.29) is 0 Å². The topological polar surface area (TPSA) is 16.4 Å². The molecule has 0 radical (unpaired) electrons. The van der Waals surface area contributed by atoms with Crippen LogP contribution in [0.3, 0.4) is 0 Å². The van der Waals surface area contributed by atoms with E-state index in [1.165, 1.54) is 81.8 Å². The van der Waals surface area contributed by atoms with Crippen molar-refractivity contribution in [2.24, 2.45) is 0 Å². The first kappa shape index (κ1) is 36.0. The van der Waals surface area contributed by atoms with Gasteiger partial charge in [-0.2, -0.15) is 0 Å². The van der Waals surface area contributed by atoms with Crippen molar-refractivity contribution in [3.63, 3.8) is 0 Å². The molecule has 2 nitrogen and oxygen atoms in total. The highest BCUT2D eigenvalue weighted by Crippen LogP contribution is 2.48. The van der Waals surface area contributed by atoms with Crippen LogP contribution in [-0.2, 0) is 0 Å². The number of fused-ring (bicyclic) bond motifs is 4. The van der Waals surface area contributed by atoms with Crippen LogP contribution in [0.4, 0.5) is 17.1 Å². The van der Waals surface area contributed by atoms with Crippen LogP contribution in [0.25, 0.3) is 77.2 Å². The molecule has 10 aromatic rings. The summed E-state index contributed by atoms with van der Waals surface area (Å²) in [7, 11) is 0. The van der Waals surface area contributed by atoms with Crippen molar-refractivity contribution < 1.29 is 4.42 Å². The summed E-state index contributed by atoms with van der Waals surface area (Å²) in [6, 6.07) is 75.3. The maximum Gasteiger partial charge on any atom is 0.136 e. The van der Waals surface area contributed by atoms with Gasteiger partial charge in [0.15, 0.2) is 0 Å². The Balaban J connectivity index is 1.13. The van der Waals surface area contributed by atoms with Gasteiger partial charge >= 0.3 is 0 Å². The SMILES string of the molecule is c1ccc(-c2ccc(-c3ccccc3N(c3cccc(-c4cccc5oc6ccccc6c45)c3)c3ccccc3-c3cccc4cccc(C5CCCCC5)c34)cc2)cc1. The minimum atomic E-state index is 0.574. The third-order valence-corrected chi connectivity index (χ3v) is 12.7. The summed E-state index contributed by atoms with van der Waals surface area (Å²) in [6.45, 7) is 0. The lowest BCUT2D eigenvalue weighted by Crippen LogP contribution is -2.13. The van der Waals surface area contributed by atoms with Crippen LogP contribution >= 0.6 is 0 Å². The third-order valence-electron chi connectivity index (χ3n) is 12.7. The van der Waals surface area contributed by atoms with E-state index >= 15 is 0 Å². The molecule has 288 valence electrons. The fourth-order valence-electron chi connectivity index (χ4n) is 9.87. The van der Waals surface area contributed by atoms with Crippen molar-refractivity contribution in [3.8, 4) is 44.5 Å². The second-order valence-corrected chi connectivity index (χ2v) is 16.2. The Morgan fingerprint density at radius 1 is 0.383 bits per heavy atom. The Bertz CT molecular complexity index is 3130. The number of para-hydroxylation sites is 3. The maximum atomic E-state index is 6.38. The van der Waals surface area contributed by atoms with Crippen LogP contribution in [0.15, 0.2) is 211 Å². The Morgan fingerprint density at radius 2 is 0.967 bits per heavy atom. The average molecular weight is 772 g/mol. The maximum absolute atomic E-state index is 6.38. The van der Waals surface area contributed by atoms with E-state index in [4.69, 9.17) is 4.42 Å². The standard InChI is InChI=1S/C58H45NO/c1-3-17-40(18-4-1)41-35-37-43(38-36-41)47-25-7-10-31-53(47)59(46-24-13-23-45(39-46)49-29-16-34-56-58(49)52-27-9-12-33-55(52)60-56)54-32-11-8-26-50(54)51-30-15-22-44-21-14-28-48(57(44)51)42-19-5-2-6-20-42/h1,3-4,7-18,21-39,42H,2,5-6,19-20H2. The van der Waals surface area contributed by atoms with Gasteiger partial charge in [-0.1, -0.05) is 189 Å². The first-order chi connectivity index (χ1) is 29.8. The molecule has 0 atom stereocenters. The number of nitrogens with zero attached hydrogens (tertiary/aromatic N) is 1. The molecule has 0 bridgehead atoms. The lowest BCUT2D eigenvalue weighted by molar-refractivity contribution is 0.445. The van der Waals surface area contributed by atoms with Gasteiger partial charge in [0.2, 0.25) is 0 Å². The van der Waals surface area contributed by atoms with E-state index in [0.29, 0.717) is 5.92 Å². The van der Waals surface area contributed by atoms with Crippen molar-refractivity contribution >= 4 is 49.8 Å². The van der Waals surface area contributed by atoms with Gasteiger partial charge in [0.1, 0.15) is 11.2 Å². The molecule has 0 spiro atoms. The summed E-state index contributed by atoms with van der Waals surface area (Å²) in [5.41, 5.74) is 16.2. The van der Waals surface area contributed by atoms with E-state index in [9.17, 15) is 0 Å². The molecule has 1 saturated carbocycles. The summed E-state index contributed by atoms with van der Waals surface area (Å²) < 4.78 is 6.38. The normalized spacial score (nSPS) is 13.3. The second-order valence-electron chi connectivity index (χ2n) is 16.2. The largest absolute Gasteiger partial charge is 0.456 e. The number of benzene rings is 9. The van der Waals surface area contributed by atoms with Crippen molar-refractivity contribution in [2.45, 2.75) is 38.0 Å². The number of furan rings is 1. The first-order valence-electron chi connectivity index (χ1n) is 21.5. The molecule has 11 rings (SSSR count). The molecule has 0 aliphatic heterocycles. The number of hydrogen-bond acceptors (Lipinski definition) is 2. The van der Waals surface area contributed by atoms with Gasteiger partial charge in [-0.05, 0) is 105 Å². The predicted octanol–water partition coefficient (Wildman–Crippen LogP) is 16.9. The molecule has 60 heavy (non-hydrogen) atoms. The average Bonchev–Trinajstić information content (AvgIpc) is 3.72. The molecular formula is C58H45NO. The van der Waals surface area contributed by atoms with E-state index in [1.807, 2.05) is 6.07 Å². The highest BCUT2D eigenvalue weighted by molar-refractivity contribution is 6.12. The Labute approximate surface area is 352 Å². The molecule has 1 fully saturated rings. The van der Waals surface area contributed by atoms with E-state index in [0.717, 1.165) is 50.1 Å². The van der Waals surface area contributed by atoms with Gasteiger partial charge < -0.3 is 9.32 Å². The third kappa shape index (κ3) is 6.46. The van der Waals surface area contributed by atoms with Gasteiger partial charge in [-0.15, -0.1) is 0 Å². The summed E-state index contributed by atoms with van der Waals surface area (Å²) >= 11 is 0. The summed E-state index contributed by atoms with van der Waals surface area (Å²) in [6.07, 6.45) is 6.45. The minimum absolute atomic E-state index is 0.574. The molecule has 0 unspecified atom stereocenters. The second kappa shape index (κ2) is 15.5. The van der Waals surface area contributed by atoms with Gasteiger partial charge in [-0.25, -0.2) is 0 Å². The fourth-order valence-corrected chi connectivity index (χ4v) is 9.87. The number of anilines is 3. The van der Waals surface area contributed by atoms with Crippen molar-refractivity contribution in [3.05, 3.63) is 212 Å². The van der Waals surface area contributed by atoms with Gasteiger partial charge in [-0.3, -0.25) is 0 Å². The number of hydrogen-bond donors (Lipinski definition) is 0. The van der Waals surface area contributed by atoms with Gasteiger partial charge in [0.25, 0.3) is 0 Å².